The standard InChI is InChI=1S/C23H43NO4/c1-5-27-21(25)19-17-15-13-11-9-7-6-8-10-12-14-16-18-20-24-22(26)28-23(2,3)4/h6-7H,5,8-20H2,1-4H3,(H,24,26)/b7-6-. The van der Waals surface area contributed by atoms with Gasteiger partial charge in [-0.1, -0.05) is 44.3 Å². The van der Waals surface area contributed by atoms with E-state index in [2.05, 4.69) is 17.5 Å². The fourth-order valence-electron chi connectivity index (χ4n) is 2.78. The molecule has 1 N–H and O–H groups in total. The van der Waals surface area contributed by atoms with Crippen molar-refractivity contribution in [1.29, 1.82) is 0 Å². The third-order valence-corrected chi connectivity index (χ3v) is 4.19. The maximum Gasteiger partial charge on any atom is 0.407 e. The number of esters is 1. The van der Waals surface area contributed by atoms with Crippen LogP contribution in [0.15, 0.2) is 12.2 Å². The van der Waals surface area contributed by atoms with Gasteiger partial charge in [-0.2, -0.15) is 0 Å². The lowest BCUT2D eigenvalue weighted by molar-refractivity contribution is -0.143. The Morgan fingerprint density at radius 1 is 0.821 bits per heavy atom. The summed E-state index contributed by atoms with van der Waals surface area (Å²) in [6.45, 7) is 8.63. The van der Waals surface area contributed by atoms with E-state index in [9.17, 15) is 9.59 Å². The highest BCUT2D eigenvalue weighted by molar-refractivity contribution is 5.69. The van der Waals surface area contributed by atoms with Gasteiger partial charge in [-0.05, 0) is 66.2 Å². The van der Waals surface area contributed by atoms with Crippen molar-refractivity contribution in [1.82, 2.24) is 5.32 Å². The topological polar surface area (TPSA) is 64.6 Å². The third kappa shape index (κ3) is 20.8. The first-order valence-corrected chi connectivity index (χ1v) is 11.1. The molecular weight excluding hydrogens is 354 g/mol. The van der Waals surface area contributed by atoms with Gasteiger partial charge in [0.2, 0.25) is 0 Å². The predicted octanol–water partition coefficient (Wildman–Crippen LogP) is 6.31. The Balaban J connectivity index is 3.28. The quantitative estimate of drug-likeness (QED) is 0.188. The number of alkyl carbamates (subject to hydrolysis) is 1. The summed E-state index contributed by atoms with van der Waals surface area (Å²) in [7, 11) is 0. The Morgan fingerprint density at radius 3 is 1.93 bits per heavy atom. The molecule has 1 amide bonds. The van der Waals surface area contributed by atoms with E-state index in [0.29, 0.717) is 19.6 Å². The molecule has 0 aliphatic rings. The molecule has 0 aromatic rings. The third-order valence-electron chi connectivity index (χ3n) is 4.19. The summed E-state index contributed by atoms with van der Waals surface area (Å²) in [6, 6.07) is 0. The number of hydrogen-bond acceptors (Lipinski definition) is 4. The molecule has 0 aromatic heterocycles. The van der Waals surface area contributed by atoms with Crippen LogP contribution in [0.1, 0.15) is 105 Å². The van der Waals surface area contributed by atoms with E-state index in [4.69, 9.17) is 9.47 Å². The summed E-state index contributed by atoms with van der Waals surface area (Å²) >= 11 is 0. The first-order valence-electron chi connectivity index (χ1n) is 11.1. The highest BCUT2D eigenvalue weighted by atomic mass is 16.6. The molecule has 0 radical (unpaired) electrons. The van der Waals surface area contributed by atoms with Gasteiger partial charge < -0.3 is 14.8 Å². The van der Waals surface area contributed by atoms with Crippen molar-refractivity contribution < 1.29 is 19.1 Å². The van der Waals surface area contributed by atoms with Gasteiger partial charge in [0.25, 0.3) is 0 Å². The Hall–Kier alpha value is -1.52. The minimum atomic E-state index is -0.429. The minimum Gasteiger partial charge on any atom is -0.466 e. The second-order valence-electron chi connectivity index (χ2n) is 8.21. The number of rotatable bonds is 16. The fraction of sp³-hybridized carbons (Fsp3) is 0.826. The summed E-state index contributed by atoms with van der Waals surface area (Å²) in [4.78, 5) is 22.7. The molecule has 0 heterocycles. The Bertz CT molecular complexity index is 427. The number of ether oxygens (including phenoxy) is 2. The molecule has 28 heavy (non-hydrogen) atoms. The van der Waals surface area contributed by atoms with Gasteiger partial charge in [-0.15, -0.1) is 0 Å². The summed E-state index contributed by atoms with van der Waals surface area (Å²) in [5.74, 6) is -0.0679. The number of amides is 1. The van der Waals surface area contributed by atoms with Crippen LogP contribution in [0.4, 0.5) is 4.79 Å². The molecule has 0 aromatic carbocycles. The lowest BCUT2D eigenvalue weighted by atomic mass is 10.1. The molecule has 0 saturated carbocycles. The Kier molecular flexibility index (Phi) is 16.6. The van der Waals surface area contributed by atoms with Gasteiger partial charge in [-0.3, -0.25) is 4.79 Å². The van der Waals surface area contributed by atoms with Gasteiger partial charge in [0.1, 0.15) is 5.60 Å². The van der Waals surface area contributed by atoms with Crippen molar-refractivity contribution >= 4 is 12.1 Å². The van der Waals surface area contributed by atoms with Crippen LogP contribution < -0.4 is 5.32 Å². The summed E-state index contributed by atoms with van der Waals surface area (Å²) in [5.41, 5.74) is -0.429. The minimum absolute atomic E-state index is 0.0679. The molecule has 0 spiro atoms. The zero-order valence-corrected chi connectivity index (χ0v) is 18.7. The fourth-order valence-corrected chi connectivity index (χ4v) is 2.78. The molecule has 5 nitrogen and oxygen atoms in total. The lowest BCUT2D eigenvalue weighted by Gasteiger charge is -2.19. The highest BCUT2D eigenvalue weighted by Gasteiger charge is 2.15. The molecule has 0 bridgehead atoms. The van der Waals surface area contributed by atoms with E-state index in [0.717, 1.165) is 38.5 Å². The zero-order valence-electron chi connectivity index (χ0n) is 18.7. The molecule has 0 aliphatic heterocycles. The van der Waals surface area contributed by atoms with Crippen LogP contribution in [0.2, 0.25) is 0 Å². The molecule has 0 rings (SSSR count). The first-order chi connectivity index (χ1) is 13.3. The van der Waals surface area contributed by atoms with Crippen LogP contribution in [-0.2, 0) is 14.3 Å². The molecule has 0 atom stereocenters. The first kappa shape index (κ1) is 26.5. The normalized spacial score (nSPS) is 11.6. The second kappa shape index (κ2) is 17.6. The molecule has 0 fully saturated rings. The Labute approximate surface area is 172 Å². The average molecular weight is 398 g/mol. The van der Waals surface area contributed by atoms with Crippen LogP contribution in [-0.4, -0.2) is 30.8 Å². The SMILES string of the molecule is CCOC(=O)CCCCCC/C=C\CCCCCCCNC(=O)OC(C)(C)C. The van der Waals surface area contributed by atoms with Crippen molar-refractivity contribution in [3.05, 3.63) is 12.2 Å². The van der Waals surface area contributed by atoms with Crippen LogP contribution in [0, 0.1) is 0 Å². The Morgan fingerprint density at radius 2 is 1.36 bits per heavy atom. The number of carbonyl (C=O) groups is 2. The molecule has 5 heteroatoms. The number of carbonyl (C=O) groups excluding carboxylic acids is 2. The van der Waals surface area contributed by atoms with E-state index in [1.807, 2.05) is 27.7 Å². The molecule has 0 saturated heterocycles. The predicted molar refractivity (Wildman–Crippen MR) is 115 cm³/mol. The largest absolute Gasteiger partial charge is 0.466 e. The van der Waals surface area contributed by atoms with Crippen LogP contribution in [0.25, 0.3) is 0 Å². The van der Waals surface area contributed by atoms with Crippen molar-refractivity contribution in [2.75, 3.05) is 13.2 Å². The van der Waals surface area contributed by atoms with Gasteiger partial charge >= 0.3 is 12.1 Å². The number of nitrogens with one attached hydrogen (secondary N) is 1. The van der Waals surface area contributed by atoms with Gasteiger partial charge in [0, 0.05) is 13.0 Å². The summed E-state index contributed by atoms with van der Waals surface area (Å²) < 4.78 is 10.1. The van der Waals surface area contributed by atoms with Crippen LogP contribution >= 0.6 is 0 Å². The van der Waals surface area contributed by atoms with Crippen molar-refractivity contribution in [3.63, 3.8) is 0 Å². The molecular formula is C23H43NO4. The summed E-state index contributed by atoms with van der Waals surface area (Å²) in [5, 5.41) is 2.80. The molecule has 164 valence electrons. The monoisotopic (exact) mass is 397 g/mol. The second-order valence-corrected chi connectivity index (χ2v) is 8.21. The maximum atomic E-state index is 11.5. The van der Waals surface area contributed by atoms with Crippen molar-refractivity contribution in [2.24, 2.45) is 0 Å². The number of hydrogen-bond donors (Lipinski definition) is 1. The number of unbranched alkanes of at least 4 members (excludes halogenated alkanes) is 9. The zero-order chi connectivity index (χ0) is 21.1. The van der Waals surface area contributed by atoms with Gasteiger partial charge in [0.05, 0.1) is 6.61 Å². The van der Waals surface area contributed by atoms with Crippen LogP contribution in [0.3, 0.4) is 0 Å². The van der Waals surface area contributed by atoms with Crippen molar-refractivity contribution in [3.8, 4) is 0 Å². The van der Waals surface area contributed by atoms with E-state index >= 15 is 0 Å². The van der Waals surface area contributed by atoms with Crippen molar-refractivity contribution in [2.45, 2.75) is 110 Å². The smallest absolute Gasteiger partial charge is 0.407 e. The van der Waals surface area contributed by atoms with E-state index in [1.165, 1.54) is 32.1 Å². The van der Waals surface area contributed by atoms with Gasteiger partial charge in [-0.25, -0.2) is 4.79 Å². The van der Waals surface area contributed by atoms with E-state index in [1.54, 1.807) is 0 Å². The maximum absolute atomic E-state index is 11.5. The molecule has 0 unspecified atom stereocenters. The highest BCUT2D eigenvalue weighted by Crippen LogP contribution is 2.09. The average Bonchev–Trinajstić information content (AvgIpc) is 2.60. The lowest BCUT2D eigenvalue weighted by Crippen LogP contribution is -2.32. The summed E-state index contributed by atoms with van der Waals surface area (Å²) in [6.07, 6.45) is 17.4. The van der Waals surface area contributed by atoms with E-state index in [-0.39, 0.29) is 12.1 Å². The number of allylic oxidation sites excluding steroid dienone is 2. The van der Waals surface area contributed by atoms with Crippen LogP contribution in [0.5, 0.6) is 0 Å². The molecule has 0 aliphatic carbocycles. The van der Waals surface area contributed by atoms with E-state index < -0.39 is 5.60 Å². The van der Waals surface area contributed by atoms with Gasteiger partial charge in [0.15, 0.2) is 0 Å².